The first-order valence-electron chi connectivity index (χ1n) is 8.47. The molecule has 0 N–H and O–H groups in total. The lowest BCUT2D eigenvalue weighted by atomic mass is 10.2. The largest absolute Gasteiger partial charge is 0.377 e. The molecule has 4 heterocycles. The van der Waals surface area contributed by atoms with Crippen molar-refractivity contribution in [3.05, 3.63) is 52.7 Å². The van der Waals surface area contributed by atoms with Gasteiger partial charge in [-0.05, 0) is 36.4 Å². The first kappa shape index (κ1) is 16.4. The third kappa shape index (κ3) is 4.31. The van der Waals surface area contributed by atoms with E-state index < -0.39 is 0 Å². The standard InChI is InChI=1S/C18H20N4O2S/c1-2-8-19-16(7-1)18-20-17(24-21-18)13-22(11-14-5-3-9-23-14)12-15-6-4-10-25-15/h1-2,4,6-8,10,14H,3,5,9,11-13H2/t14-/m1/s1. The molecule has 1 aliphatic heterocycles. The Morgan fingerprint density at radius 2 is 2.20 bits per heavy atom. The SMILES string of the molecule is c1ccc(-c2noc(CN(Cc3cccs3)C[C@H]3CCCO3)n2)nc1. The molecule has 3 aromatic heterocycles. The zero-order chi connectivity index (χ0) is 16.9. The van der Waals surface area contributed by atoms with E-state index in [0.29, 0.717) is 18.3 Å². The molecule has 1 fully saturated rings. The molecule has 1 saturated heterocycles. The van der Waals surface area contributed by atoms with Gasteiger partial charge in [-0.2, -0.15) is 4.98 Å². The number of ether oxygens (including phenoxy) is 1. The molecule has 0 bridgehead atoms. The van der Waals surface area contributed by atoms with Crippen molar-refractivity contribution in [3.8, 4) is 11.5 Å². The Morgan fingerprint density at radius 1 is 1.20 bits per heavy atom. The van der Waals surface area contributed by atoms with Gasteiger partial charge in [-0.1, -0.05) is 17.3 Å². The highest BCUT2D eigenvalue weighted by molar-refractivity contribution is 7.09. The lowest BCUT2D eigenvalue weighted by Crippen LogP contribution is -2.31. The Balaban J connectivity index is 1.46. The molecule has 0 unspecified atom stereocenters. The van der Waals surface area contributed by atoms with E-state index in [1.54, 1.807) is 17.5 Å². The number of pyridine rings is 1. The molecule has 25 heavy (non-hydrogen) atoms. The maximum absolute atomic E-state index is 5.80. The molecule has 0 radical (unpaired) electrons. The van der Waals surface area contributed by atoms with E-state index in [2.05, 4.69) is 37.5 Å². The molecular formula is C18H20N4O2S. The van der Waals surface area contributed by atoms with Crippen molar-refractivity contribution in [3.63, 3.8) is 0 Å². The highest BCUT2D eigenvalue weighted by Gasteiger charge is 2.21. The van der Waals surface area contributed by atoms with E-state index in [0.717, 1.165) is 38.2 Å². The van der Waals surface area contributed by atoms with Crippen LogP contribution in [0.1, 0.15) is 23.6 Å². The average Bonchev–Trinajstić information content (AvgIpc) is 3.38. The summed E-state index contributed by atoms with van der Waals surface area (Å²) in [6.45, 7) is 3.21. The molecule has 1 aliphatic rings. The fourth-order valence-corrected chi connectivity index (χ4v) is 3.74. The molecule has 0 spiro atoms. The van der Waals surface area contributed by atoms with Gasteiger partial charge in [0, 0.05) is 30.8 Å². The van der Waals surface area contributed by atoms with Crippen LogP contribution < -0.4 is 0 Å². The van der Waals surface area contributed by atoms with Gasteiger partial charge in [0.1, 0.15) is 5.69 Å². The zero-order valence-electron chi connectivity index (χ0n) is 13.9. The Bertz CT molecular complexity index is 769. The summed E-state index contributed by atoms with van der Waals surface area (Å²) in [5, 5.41) is 6.17. The summed E-state index contributed by atoms with van der Waals surface area (Å²) in [5.74, 6) is 1.14. The van der Waals surface area contributed by atoms with Gasteiger partial charge < -0.3 is 9.26 Å². The molecule has 0 aliphatic carbocycles. The minimum Gasteiger partial charge on any atom is -0.377 e. The zero-order valence-corrected chi connectivity index (χ0v) is 14.7. The van der Waals surface area contributed by atoms with Gasteiger partial charge in [0.2, 0.25) is 11.7 Å². The van der Waals surface area contributed by atoms with Gasteiger partial charge in [-0.3, -0.25) is 9.88 Å². The summed E-state index contributed by atoms with van der Waals surface area (Å²) in [7, 11) is 0. The fraction of sp³-hybridized carbons (Fsp3) is 0.389. The van der Waals surface area contributed by atoms with Gasteiger partial charge in [0.05, 0.1) is 12.6 Å². The third-order valence-corrected chi connectivity index (χ3v) is 5.03. The number of thiophene rings is 1. The van der Waals surface area contributed by atoms with Crippen LogP contribution in [0.3, 0.4) is 0 Å². The third-order valence-electron chi connectivity index (χ3n) is 4.17. The van der Waals surface area contributed by atoms with Crippen LogP contribution >= 0.6 is 11.3 Å². The monoisotopic (exact) mass is 356 g/mol. The van der Waals surface area contributed by atoms with Crippen LogP contribution in [0.2, 0.25) is 0 Å². The summed E-state index contributed by atoms with van der Waals surface area (Å²) in [6, 6.07) is 9.90. The second-order valence-electron chi connectivity index (χ2n) is 6.11. The Morgan fingerprint density at radius 3 is 2.96 bits per heavy atom. The molecule has 7 heteroatoms. The highest BCUT2D eigenvalue weighted by Crippen LogP contribution is 2.19. The van der Waals surface area contributed by atoms with Gasteiger partial charge in [-0.15, -0.1) is 11.3 Å². The van der Waals surface area contributed by atoms with Crippen molar-refractivity contribution in [1.29, 1.82) is 0 Å². The van der Waals surface area contributed by atoms with E-state index in [1.807, 2.05) is 18.2 Å². The van der Waals surface area contributed by atoms with Crippen molar-refractivity contribution in [2.45, 2.75) is 32.0 Å². The normalized spacial score (nSPS) is 17.4. The van der Waals surface area contributed by atoms with Gasteiger partial charge in [0.15, 0.2) is 0 Å². The second-order valence-corrected chi connectivity index (χ2v) is 7.14. The van der Waals surface area contributed by atoms with Crippen molar-refractivity contribution in [1.82, 2.24) is 20.0 Å². The van der Waals surface area contributed by atoms with Crippen molar-refractivity contribution >= 4 is 11.3 Å². The van der Waals surface area contributed by atoms with Crippen LogP contribution in [0.5, 0.6) is 0 Å². The van der Waals surface area contributed by atoms with E-state index in [4.69, 9.17) is 9.26 Å². The van der Waals surface area contributed by atoms with Gasteiger partial charge in [0.25, 0.3) is 0 Å². The van der Waals surface area contributed by atoms with E-state index in [9.17, 15) is 0 Å². The van der Waals surface area contributed by atoms with Crippen LogP contribution in [0, 0.1) is 0 Å². The van der Waals surface area contributed by atoms with E-state index in [1.165, 1.54) is 4.88 Å². The summed E-state index contributed by atoms with van der Waals surface area (Å²) < 4.78 is 11.3. The topological polar surface area (TPSA) is 64.3 Å². The Labute approximate surface area is 150 Å². The molecule has 0 saturated carbocycles. The number of hydrogen-bond acceptors (Lipinski definition) is 7. The van der Waals surface area contributed by atoms with Crippen LogP contribution in [0.4, 0.5) is 0 Å². The van der Waals surface area contributed by atoms with Gasteiger partial charge >= 0.3 is 0 Å². The maximum Gasteiger partial charge on any atom is 0.241 e. The Hall–Kier alpha value is -2.09. The van der Waals surface area contributed by atoms with Crippen LogP contribution in [-0.4, -0.2) is 39.3 Å². The molecule has 1 atom stereocenters. The lowest BCUT2D eigenvalue weighted by Gasteiger charge is -2.23. The first-order valence-corrected chi connectivity index (χ1v) is 9.35. The molecule has 4 rings (SSSR count). The molecular weight excluding hydrogens is 336 g/mol. The van der Waals surface area contributed by atoms with Crippen molar-refractivity contribution in [2.24, 2.45) is 0 Å². The summed E-state index contributed by atoms with van der Waals surface area (Å²) >= 11 is 1.76. The lowest BCUT2D eigenvalue weighted by molar-refractivity contribution is 0.0644. The minimum absolute atomic E-state index is 0.290. The van der Waals surface area contributed by atoms with Crippen LogP contribution in [0.15, 0.2) is 46.4 Å². The summed E-state index contributed by atoms with van der Waals surface area (Å²) in [4.78, 5) is 12.4. The molecule has 0 aromatic carbocycles. The number of rotatable bonds is 7. The summed E-state index contributed by atoms with van der Waals surface area (Å²) in [5.41, 5.74) is 0.724. The second kappa shape index (κ2) is 7.86. The molecule has 130 valence electrons. The van der Waals surface area contributed by atoms with E-state index in [-0.39, 0.29) is 6.10 Å². The fourth-order valence-electron chi connectivity index (χ4n) is 2.99. The van der Waals surface area contributed by atoms with E-state index >= 15 is 0 Å². The maximum atomic E-state index is 5.80. The first-order chi connectivity index (χ1) is 12.4. The number of nitrogens with zero attached hydrogens (tertiary/aromatic N) is 4. The van der Waals surface area contributed by atoms with Crippen molar-refractivity contribution < 1.29 is 9.26 Å². The number of hydrogen-bond donors (Lipinski definition) is 0. The smallest absolute Gasteiger partial charge is 0.241 e. The van der Waals surface area contributed by atoms with Crippen LogP contribution in [0.25, 0.3) is 11.5 Å². The van der Waals surface area contributed by atoms with Crippen LogP contribution in [-0.2, 0) is 17.8 Å². The quantitative estimate of drug-likeness (QED) is 0.647. The van der Waals surface area contributed by atoms with Gasteiger partial charge in [-0.25, -0.2) is 0 Å². The molecule has 6 nitrogen and oxygen atoms in total. The molecule has 3 aromatic rings. The molecule has 0 amide bonds. The summed E-state index contributed by atoms with van der Waals surface area (Å²) in [6.07, 6.45) is 4.27. The highest BCUT2D eigenvalue weighted by atomic mass is 32.1. The van der Waals surface area contributed by atoms with Crippen molar-refractivity contribution in [2.75, 3.05) is 13.2 Å². The number of aromatic nitrogens is 3. The predicted octanol–water partition coefficient (Wildman–Crippen LogP) is 3.37. The average molecular weight is 356 g/mol. The Kier molecular flexibility index (Phi) is 5.15. The minimum atomic E-state index is 0.290. The predicted molar refractivity (Wildman–Crippen MR) is 94.9 cm³/mol.